The van der Waals surface area contributed by atoms with Gasteiger partial charge in [0.2, 0.25) is 0 Å². The molecule has 4 nitrogen and oxygen atoms in total. The number of carbonyl (C=O) groups excluding carboxylic acids is 1. The summed E-state index contributed by atoms with van der Waals surface area (Å²) in [6, 6.07) is -0.737. The molecule has 14 heavy (non-hydrogen) atoms. The molecule has 1 aliphatic rings. The average molecular weight is 199 g/mol. The van der Waals surface area contributed by atoms with Crippen molar-refractivity contribution < 1.29 is 14.7 Å². The van der Waals surface area contributed by atoms with Gasteiger partial charge in [-0.15, -0.1) is 0 Å². The van der Waals surface area contributed by atoms with Crippen molar-refractivity contribution in [2.45, 2.75) is 45.2 Å². The third-order valence-corrected chi connectivity index (χ3v) is 2.92. The first kappa shape index (κ1) is 11.2. The van der Waals surface area contributed by atoms with Gasteiger partial charge in [-0.05, 0) is 33.2 Å². The average Bonchev–Trinajstić information content (AvgIpc) is 2.16. The smallest absolute Gasteiger partial charge is 0.320 e. The molecule has 0 bridgehead atoms. The fourth-order valence-electron chi connectivity index (χ4n) is 1.92. The van der Waals surface area contributed by atoms with Crippen molar-refractivity contribution in [3.8, 4) is 0 Å². The number of piperidine rings is 1. The number of nitrogens with zero attached hydrogens (tertiary/aromatic N) is 1. The van der Waals surface area contributed by atoms with E-state index in [4.69, 9.17) is 5.11 Å². The maximum Gasteiger partial charge on any atom is 0.320 e. The lowest BCUT2D eigenvalue weighted by molar-refractivity contribution is -0.146. The highest BCUT2D eigenvalue weighted by Gasteiger charge is 2.32. The van der Waals surface area contributed by atoms with Gasteiger partial charge in [0.25, 0.3) is 0 Å². The Hall–Kier alpha value is -0.900. The first-order valence-electron chi connectivity index (χ1n) is 5.03. The van der Waals surface area contributed by atoms with Crippen molar-refractivity contribution in [1.29, 1.82) is 0 Å². The van der Waals surface area contributed by atoms with Gasteiger partial charge < -0.3 is 5.11 Å². The molecule has 1 rings (SSSR count). The second-order valence-electron chi connectivity index (χ2n) is 3.87. The quantitative estimate of drug-likeness (QED) is 0.733. The van der Waals surface area contributed by atoms with Crippen LogP contribution in [-0.4, -0.2) is 40.4 Å². The zero-order valence-corrected chi connectivity index (χ0v) is 8.69. The Bertz CT molecular complexity index is 240. The van der Waals surface area contributed by atoms with Gasteiger partial charge in [-0.3, -0.25) is 14.5 Å². The van der Waals surface area contributed by atoms with Crippen LogP contribution in [0.15, 0.2) is 0 Å². The summed E-state index contributed by atoms with van der Waals surface area (Å²) in [5.41, 5.74) is 0. The number of carbonyl (C=O) groups is 2. The highest BCUT2D eigenvalue weighted by Crippen LogP contribution is 2.20. The van der Waals surface area contributed by atoms with E-state index in [0.717, 1.165) is 19.4 Å². The SMILES string of the molecule is CC(=O)C(C)N1CCCCC1C(=O)O. The molecule has 1 heterocycles. The number of likely N-dealkylation sites (tertiary alicyclic amines) is 1. The lowest BCUT2D eigenvalue weighted by Gasteiger charge is -2.36. The Morgan fingerprint density at radius 2 is 2.07 bits per heavy atom. The topological polar surface area (TPSA) is 57.6 Å². The molecule has 0 spiro atoms. The fraction of sp³-hybridized carbons (Fsp3) is 0.800. The van der Waals surface area contributed by atoms with Crippen LogP contribution in [0.25, 0.3) is 0 Å². The summed E-state index contributed by atoms with van der Waals surface area (Å²) in [5.74, 6) is -0.768. The van der Waals surface area contributed by atoms with Crippen LogP contribution in [0.3, 0.4) is 0 Å². The summed E-state index contributed by atoms with van der Waals surface area (Å²) in [6.07, 6.45) is 2.59. The Balaban J connectivity index is 2.72. The highest BCUT2D eigenvalue weighted by molar-refractivity contribution is 5.82. The number of carboxylic acid groups (broad SMARTS) is 1. The van der Waals surface area contributed by atoms with E-state index in [1.807, 2.05) is 0 Å². The largest absolute Gasteiger partial charge is 0.480 e. The third-order valence-electron chi connectivity index (χ3n) is 2.92. The molecular formula is C10H17NO3. The minimum atomic E-state index is -0.808. The Kier molecular flexibility index (Phi) is 3.63. The highest BCUT2D eigenvalue weighted by atomic mass is 16.4. The lowest BCUT2D eigenvalue weighted by Crippen LogP contribution is -2.51. The minimum absolute atomic E-state index is 0.0400. The molecule has 0 aromatic heterocycles. The Morgan fingerprint density at radius 3 is 2.57 bits per heavy atom. The van der Waals surface area contributed by atoms with Crippen molar-refractivity contribution in [3.05, 3.63) is 0 Å². The summed E-state index contributed by atoms with van der Waals surface area (Å²) in [5, 5.41) is 8.99. The zero-order chi connectivity index (χ0) is 10.7. The number of hydrogen-bond donors (Lipinski definition) is 1. The number of aliphatic carboxylic acids is 1. The van der Waals surface area contributed by atoms with Gasteiger partial charge in [-0.2, -0.15) is 0 Å². The zero-order valence-electron chi connectivity index (χ0n) is 8.69. The van der Waals surface area contributed by atoms with Crippen molar-refractivity contribution in [1.82, 2.24) is 4.90 Å². The van der Waals surface area contributed by atoms with E-state index in [2.05, 4.69) is 0 Å². The first-order valence-corrected chi connectivity index (χ1v) is 5.03. The van der Waals surface area contributed by atoms with Crippen LogP contribution in [0.1, 0.15) is 33.1 Å². The molecule has 2 unspecified atom stereocenters. The standard InChI is InChI=1S/C10H17NO3/c1-7(8(2)12)11-6-4-3-5-9(11)10(13)14/h7,9H,3-6H2,1-2H3,(H,13,14). The molecule has 0 amide bonds. The summed E-state index contributed by atoms with van der Waals surface area (Å²) < 4.78 is 0. The first-order chi connectivity index (χ1) is 6.54. The molecule has 0 aromatic carbocycles. The van der Waals surface area contributed by atoms with Crippen LogP contribution in [0.2, 0.25) is 0 Å². The number of hydrogen-bond acceptors (Lipinski definition) is 3. The third kappa shape index (κ3) is 2.32. The molecular weight excluding hydrogens is 182 g/mol. The fourth-order valence-corrected chi connectivity index (χ4v) is 1.92. The number of carboxylic acids is 1. The summed E-state index contributed by atoms with van der Waals surface area (Å²) >= 11 is 0. The number of rotatable bonds is 3. The minimum Gasteiger partial charge on any atom is -0.480 e. The molecule has 1 aliphatic heterocycles. The summed E-state index contributed by atoms with van der Waals surface area (Å²) in [6.45, 7) is 4.01. The van der Waals surface area contributed by atoms with Crippen LogP contribution in [0.4, 0.5) is 0 Å². The van der Waals surface area contributed by atoms with E-state index in [1.54, 1.807) is 11.8 Å². The van der Waals surface area contributed by atoms with E-state index < -0.39 is 12.0 Å². The van der Waals surface area contributed by atoms with Crippen LogP contribution < -0.4 is 0 Å². The van der Waals surface area contributed by atoms with Gasteiger partial charge in [-0.25, -0.2) is 0 Å². The second kappa shape index (κ2) is 4.55. The van der Waals surface area contributed by atoms with Crippen molar-refractivity contribution >= 4 is 11.8 Å². The summed E-state index contributed by atoms with van der Waals surface area (Å²) in [4.78, 5) is 23.9. The van der Waals surface area contributed by atoms with Crippen molar-refractivity contribution in [2.75, 3.05) is 6.54 Å². The molecule has 0 radical (unpaired) electrons. The molecule has 0 aromatic rings. The van der Waals surface area contributed by atoms with Gasteiger partial charge in [0.1, 0.15) is 11.8 Å². The molecule has 1 N–H and O–H groups in total. The molecule has 0 aliphatic carbocycles. The van der Waals surface area contributed by atoms with Gasteiger partial charge in [0.05, 0.1) is 6.04 Å². The van der Waals surface area contributed by atoms with Gasteiger partial charge in [0.15, 0.2) is 0 Å². The maximum atomic E-state index is 11.2. The van der Waals surface area contributed by atoms with Crippen LogP contribution in [-0.2, 0) is 9.59 Å². The lowest BCUT2D eigenvalue weighted by atomic mass is 9.99. The Labute approximate surface area is 83.9 Å². The summed E-state index contributed by atoms with van der Waals surface area (Å²) in [7, 11) is 0. The molecule has 0 saturated carbocycles. The van der Waals surface area contributed by atoms with Crippen molar-refractivity contribution in [3.63, 3.8) is 0 Å². The predicted molar refractivity (Wildman–Crippen MR) is 52.1 cm³/mol. The molecule has 1 fully saturated rings. The van der Waals surface area contributed by atoms with E-state index in [1.165, 1.54) is 6.92 Å². The monoisotopic (exact) mass is 199 g/mol. The predicted octanol–water partition coefficient (Wildman–Crippen LogP) is 0.903. The van der Waals surface area contributed by atoms with E-state index >= 15 is 0 Å². The normalized spacial score (nSPS) is 25.7. The van der Waals surface area contributed by atoms with E-state index in [0.29, 0.717) is 6.42 Å². The molecule has 2 atom stereocenters. The van der Waals surface area contributed by atoms with Crippen molar-refractivity contribution in [2.24, 2.45) is 0 Å². The molecule has 80 valence electrons. The van der Waals surface area contributed by atoms with Gasteiger partial charge in [0, 0.05) is 0 Å². The van der Waals surface area contributed by atoms with E-state index in [9.17, 15) is 9.59 Å². The van der Waals surface area contributed by atoms with Gasteiger partial charge in [-0.1, -0.05) is 6.42 Å². The van der Waals surface area contributed by atoms with Gasteiger partial charge >= 0.3 is 5.97 Å². The Morgan fingerprint density at radius 1 is 1.43 bits per heavy atom. The van der Waals surface area contributed by atoms with Crippen LogP contribution in [0, 0.1) is 0 Å². The van der Waals surface area contributed by atoms with Crippen LogP contribution >= 0.6 is 0 Å². The van der Waals surface area contributed by atoms with Crippen LogP contribution in [0.5, 0.6) is 0 Å². The maximum absolute atomic E-state index is 11.2. The van der Waals surface area contributed by atoms with E-state index in [-0.39, 0.29) is 11.8 Å². The number of Topliss-reactive ketones (excluding diaryl/α,β-unsaturated/α-hetero) is 1. The second-order valence-corrected chi connectivity index (χ2v) is 3.87. The molecule has 1 saturated heterocycles. The molecule has 4 heteroatoms. The number of ketones is 1.